The molecule has 0 fully saturated rings. The van der Waals surface area contributed by atoms with Crippen LogP contribution in [0.25, 0.3) is 0 Å². The Morgan fingerprint density at radius 1 is 1.22 bits per heavy atom. The Morgan fingerprint density at radius 3 is 2.67 bits per heavy atom. The van der Waals surface area contributed by atoms with Crippen LogP contribution in [-0.4, -0.2) is 11.0 Å². The molecule has 1 aromatic carbocycles. The zero-order chi connectivity index (χ0) is 13.1. The first kappa shape index (κ1) is 13.3. The average molecular weight is 347 g/mol. The number of hydrogen-bond acceptors (Lipinski definition) is 3. The first-order valence-electron chi connectivity index (χ1n) is 4.84. The molecule has 92 valence electrons. The van der Waals surface area contributed by atoms with Crippen LogP contribution in [0.15, 0.2) is 41.1 Å². The molecule has 0 aliphatic carbocycles. The smallest absolute Gasteiger partial charge is 0.345 e. The van der Waals surface area contributed by atoms with E-state index in [1.807, 2.05) is 0 Å². The highest BCUT2D eigenvalue weighted by molar-refractivity contribution is 9.10. The quantitative estimate of drug-likeness (QED) is 0.758. The van der Waals surface area contributed by atoms with Crippen molar-refractivity contribution in [1.82, 2.24) is 4.98 Å². The minimum atomic E-state index is -0.559. The second-order valence-electron chi connectivity index (χ2n) is 3.35. The minimum Gasteiger partial charge on any atom is -0.421 e. The molecule has 0 N–H and O–H groups in total. The number of nitrogens with zero attached hydrogens (tertiary/aromatic N) is 1. The number of carbonyl (C=O) groups is 1. The van der Waals surface area contributed by atoms with Gasteiger partial charge in [0, 0.05) is 15.7 Å². The molecule has 0 saturated heterocycles. The molecule has 0 aliphatic rings. The zero-order valence-electron chi connectivity index (χ0n) is 8.86. The Morgan fingerprint density at radius 2 is 2.00 bits per heavy atom. The maximum Gasteiger partial charge on any atom is 0.345 e. The summed E-state index contributed by atoms with van der Waals surface area (Å²) in [4.78, 5) is 15.8. The fourth-order valence-electron chi connectivity index (χ4n) is 1.27. The summed E-state index contributed by atoms with van der Waals surface area (Å²) in [5.74, 6) is -0.225. The third-order valence-corrected chi connectivity index (χ3v) is 3.02. The van der Waals surface area contributed by atoms with Gasteiger partial charge in [0.25, 0.3) is 0 Å². The highest BCUT2D eigenvalue weighted by Gasteiger charge is 2.13. The summed E-state index contributed by atoms with van der Waals surface area (Å²) < 4.78 is 5.86. The first-order valence-corrected chi connectivity index (χ1v) is 6.39. The minimum absolute atomic E-state index is 0.246. The van der Waals surface area contributed by atoms with Gasteiger partial charge in [0.05, 0.1) is 16.8 Å². The van der Waals surface area contributed by atoms with Gasteiger partial charge in [0.1, 0.15) is 0 Å². The molecule has 0 aliphatic heterocycles. The standard InChI is InChI=1S/C12H6BrCl2NO2/c13-7-3-9(6-16-5-7)18-12(17)10-2-1-8(14)4-11(10)15/h1-6H. The van der Waals surface area contributed by atoms with Crippen molar-refractivity contribution in [2.75, 3.05) is 0 Å². The van der Waals surface area contributed by atoms with Crippen LogP contribution in [0, 0.1) is 0 Å². The van der Waals surface area contributed by atoms with Crippen LogP contribution in [0.5, 0.6) is 5.75 Å². The van der Waals surface area contributed by atoms with Crippen molar-refractivity contribution in [3.8, 4) is 5.75 Å². The van der Waals surface area contributed by atoms with E-state index in [0.717, 1.165) is 4.47 Å². The van der Waals surface area contributed by atoms with Crippen LogP contribution in [-0.2, 0) is 0 Å². The van der Waals surface area contributed by atoms with Crippen molar-refractivity contribution in [3.05, 3.63) is 56.7 Å². The number of esters is 1. The van der Waals surface area contributed by atoms with Gasteiger partial charge in [-0.3, -0.25) is 4.98 Å². The molecular formula is C12H6BrCl2NO2. The normalized spacial score (nSPS) is 10.2. The second-order valence-corrected chi connectivity index (χ2v) is 5.11. The number of aromatic nitrogens is 1. The molecular weight excluding hydrogens is 341 g/mol. The van der Waals surface area contributed by atoms with Crippen LogP contribution < -0.4 is 4.74 Å². The number of halogens is 3. The molecule has 0 amide bonds. The van der Waals surface area contributed by atoms with Gasteiger partial charge in [-0.25, -0.2) is 4.79 Å². The second kappa shape index (κ2) is 5.69. The predicted molar refractivity (Wildman–Crippen MR) is 73.4 cm³/mol. The number of ether oxygens (including phenoxy) is 1. The molecule has 0 saturated carbocycles. The van der Waals surface area contributed by atoms with Gasteiger partial charge in [0.15, 0.2) is 5.75 Å². The van der Waals surface area contributed by atoms with Crippen molar-refractivity contribution >= 4 is 45.1 Å². The van der Waals surface area contributed by atoms with Gasteiger partial charge in [-0.2, -0.15) is 0 Å². The Labute approximate surface area is 122 Å². The molecule has 3 nitrogen and oxygen atoms in total. The maximum atomic E-state index is 11.9. The van der Waals surface area contributed by atoms with Crippen molar-refractivity contribution in [3.63, 3.8) is 0 Å². The van der Waals surface area contributed by atoms with Crippen LogP contribution >= 0.6 is 39.1 Å². The van der Waals surface area contributed by atoms with Gasteiger partial charge in [-0.1, -0.05) is 23.2 Å². The van der Waals surface area contributed by atoms with Crippen molar-refractivity contribution in [1.29, 1.82) is 0 Å². The topological polar surface area (TPSA) is 39.2 Å². The van der Waals surface area contributed by atoms with E-state index in [2.05, 4.69) is 20.9 Å². The fraction of sp³-hybridized carbons (Fsp3) is 0. The molecule has 0 radical (unpaired) electrons. The Kier molecular flexibility index (Phi) is 4.22. The summed E-state index contributed by atoms with van der Waals surface area (Å²) in [6.45, 7) is 0. The van der Waals surface area contributed by atoms with Crippen molar-refractivity contribution in [2.45, 2.75) is 0 Å². The summed E-state index contributed by atoms with van der Waals surface area (Å²) in [5, 5.41) is 0.705. The van der Waals surface area contributed by atoms with Gasteiger partial charge >= 0.3 is 5.97 Å². The first-order chi connectivity index (χ1) is 8.56. The molecule has 1 aromatic heterocycles. The van der Waals surface area contributed by atoms with Crippen LogP contribution in [0.2, 0.25) is 10.0 Å². The van der Waals surface area contributed by atoms with Crippen LogP contribution in [0.4, 0.5) is 0 Å². The van der Waals surface area contributed by atoms with E-state index in [4.69, 9.17) is 27.9 Å². The van der Waals surface area contributed by atoms with Gasteiger partial charge in [-0.15, -0.1) is 0 Å². The lowest BCUT2D eigenvalue weighted by Crippen LogP contribution is -2.09. The third kappa shape index (κ3) is 3.22. The van der Waals surface area contributed by atoms with E-state index in [1.165, 1.54) is 18.3 Å². The Hall–Kier alpha value is -1.10. The number of pyridine rings is 1. The van der Waals surface area contributed by atoms with Crippen molar-refractivity contribution < 1.29 is 9.53 Å². The monoisotopic (exact) mass is 345 g/mol. The zero-order valence-corrected chi connectivity index (χ0v) is 12.0. The van der Waals surface area contributed by atoms with Gasteiger partial charge < -0.3 is 4.74 Å². The molecule has 0 spiro atoms. The van der Waals surface area contributed by atoms with E-state index in [0.29, 0.717) is 10.8 Å². The molecule has 0 bridgehead atoms. The lowest BCUT2D eigenvalue weighted by atomic mass is 10.2. The maximum absolute atomic E-state index is 11.9. The molecule has 18 heavy (non-hydrogen) atoms. The van der Waals surface area contributed by atoms with E-state index < -0.39 is 5.97 Å². The van der Waals surface area contributed by atoms with Crippen LogP contribution in [0.3, 0.4) is 0 Å². The summed E-state index contributed by atoms with van der Waals surface area (Å²) in [5.41, 5.74) is 0.251. The number of hydrogen-bond donors (Lipinski definition) is 0. The number of benzene rings is 1. The number of carbonyl (C=O) groups excluding carboxylic acids is 1. The van der Waals surface area contributed by atoms with E-state index in [1.54, 1.807) is 18.3 Å². The summed E-state index contributed by atoms with van der Waals surface area (Å²) >= 11 is 14.9. The van der Waals surface area contributed by atoms with E-state index in [-0.39, 0.29) is 10.6 Å². The van der Waals surface area contributed by atoms with Crippen molar-refractivity contribution in [2.24, 2.45) is 0 Å². The SMILES string of the molecule is O=C(Oc1cncc(Br)c1)c1ccc(Cl)cc1Cl. The van der Waals surface area contributed by atoms with Crippen LogP contribution in [0.1, 0.15) is 10.4 Å². The van der Waals surface area contributed by atoms with Gasteiger partial charge in [0.2, 0.25) is 0 Å². The predicted octanol–water partition coefficient (Wildman–Crippen LogP) is 4.37. The molecule has 1 heterocycles. The summed E-state index contributed by atoms with van der Waals surface area (Å²) in [6.07, 6.45) is 3.03. The molecule has 2 aromatic rings. The molecule has 0 atom stereocenters. The van der Waals surface area contributed by atoms with E-state index in [9.17, 15) is 4.79 Å². The fourth-order valence-corrected chi connectivity index (χ4v) is 2.09. The highest BCUT2D eigenvalue weighted by Crippen LogP contribution is 2.23. The number of rotatable bonds is 2. The third-order valence-electron chi connectivity index (χ3n) is 2.04. The Balaban J connectivity index is 2.22. The molecule has 6 heteroatoms. The molecule has 2 rings (SSSR count). The lowest BCUT2D eigenvalue weighted by Gasteiger charge is -2.05. The average Bonchev–Trinajstić information content (AvgIpc) is 2.28. The largest absolute Gasteiger partial charge is 0.421 e. The summed E-state index contributed by atoms with van der Waals surface area (Å²) in [7, 11) is 0. The Bertz CT molecular complexity index is 604. The highest BCUT2D eigenvalue weighted by atomic mass is 79.9. The van der Waals surface area contributed by atoms with E-state index >= 15 is 0 Å². The molecule has 0 unspecified atom stereocenters. The summed E-state index contributed by atoms with van der Waals surface area (Å²) in [6, 6.07) is 6.20. The lowest BCUT2D eigenvalue weighted by molar-refractivity contribution is 0.0734. The van der Waals surface area contributed by atoms with Gasteiger partial charge in [-0.05, 0) is 40.2 Å².